The Morgan fingerprint density at radius 1 is 1.36 bits per heavy atom. The number of anilines is 1. The fourth-order valence-electron chi connectivity index (χ4n) is 3.08. The standard InChI is InChI=1S/C19H27NO2/c1-5-15(13-19(21)22-6-2)16-9-10-18-17(12-16)8-7-11-20(18)14(3)4/h9-10,12-14H,5-8,11H2,1-4H3/b15-13-. The molecule has 0 saturated heterocycles. The zero-order valence-electron chi connectivity index (χ0n) is 14.2. The lowest BCUT2D eigenvalue weighted by molar-refractivity contribution is -0.137. The molecule has 2 rings (SSSR count). The van der Waals surface area contributed by atoms with Gasteiger partial charge in [-0.2, -0.15) is 0 Å². The van der Waals surface area contributed by atoms with E-state index in [2.05, 4.69) is 43.9 Å². The fraction of sp³-hybridized carbons (Fsp3) is 0.526. The predicted octanol–water partition coefficient (Wildman–Crippen LogP) is 4.20. The van der Waals surface area contributed by atoms with Gasteiger partial charge in [-0.1, -0.05) is 13.0 Å². The van der Waals surface area contributed by atoms with Crippen LogP contribution in [0, 0.1) is 0 Å². The van der Waals surface area contributed by atoms with Crippen molar-refractivity contribution >= 4 is 17.2 Å². The van der Waals surface area contributed by atoms with Crippen LogP contribution >= 0.6 is 0 Å². The van der Waals surface area contributed by atoms with Crippen LogP contribution < -0.4 is 4.90 Å². The number of benzene rings is 1. The van der Waals surface area contributed by atoms with Crippen LogP contribution in [0.5, 0.6) is 0 Å². The maximum atomic E-state index is 11.7. The first-order valence-corrected chi connectivity index (χ1v) is 8.34. The maximum Gasteiger partial charge on any atom is 0.331 e. The second-order valence-electron chi connectivity index (χ2n) is 6.01. The number of carbonyl (C=O) groups is 1. The number of fused-ring (bicyclic) bond motifs is 1. The smallest absolute Gasteiger partial charge is 0.331 e. The predicted molar refractivity (Wildman–Crippen MR) is 92.1 cm³/mol. The first kappa shape index (κ1) is 16.6. The lowest BCUT2D eigenvalue weighted by Gasteiger charge is -2.35. The summed E-state index contributed by atoms with van der Waals surface area (Å²) in [6.45, 7) is 9.92. The van der Waals surface area contributed by atoms with Gasteiger partial charge in [0.05, 0.1) is 6.61 Å². The van der Waals surface area contributed by atoms with Gasteiger partial charge in [0, 0.05) is 24.4 Å². The summed E-state index contributed by atoms with van der Waals surface area (Å²) in [6, 6.07) is 7.11. The summed E-state index contributed by atoms with van der Waals surface area (Å²) in [5.74, 6) is -0.249. The van der Waals surface area contributed by atoms with Crippen molar-refractivity contribution in [2.24, 2.45) is 0 Å². The van der Waals surface area contributed by atoms with Gasteiger partial charge >= 0.3 is 5.97 Å². The lowest BCUT2D eigenvalue weighted by Crippen LogP contribution is -2.35. The van der Waals surface area contributed by atoms with Crippen molar-refractivity contribution in [3.05, 3.63) is 35.4 Å². The number of allylic oxidation sites excluding steroid dienone is 1. The number of rotatable bonds is 5. The van der Waals surface area contributed by atoms with Crippen LogP contribution in [0.3, 0.4) is 0 Å². The van der Waals surface area contributed by atoms with Gasteiger partial charge in [-0.25, -0.2) is 4.79 Å². The van der Waals surface area contributed by atoms with E-state index < -0.39 is 0 Å². The lowest BCUT2D eigenvalue weighted by atomic mass is 9.94. The van der Waals surface area contributed by atoms with Gasteiger partial charge in [-0.05, 0) is 68.9 Å². The average molecular weight is 301 g/mol. The van der Waals surface area contributed by atoms with E-state index in [0.717, 1.165) is 30.5 Å². The topological polar surface area (TPSA) is 29.5 Å². The van der Waals surface area contributed by atoms with Crippen molar-refractivity contribution in [2.45, 2.75) is 53.0 Å². The van der Waals surface area contributed by atoms with E-state index in [9.17, 15) is 4.79 Å². The van der Waals surface area contributed by atoms with Crippen molar-refractivity contribution < 1.29 is 9.53 Å². The Balaban J connectivity index is 2.32. The highest BCUT2D eigenvalue weighted by Gasteiger charge is 2.19. The van der Waals surface area contributed by atoms with Gasteiger partial charge in [-0.3, -0.25) is 0 Å². The molecule has 0 atom stereocenters. The molecule has 0 unspecified atom stereocenters. The number of hydrogen-bond donors (Lipinski definition) is 0. The molecule has 22 heavy (non-hydrogen) atoms. The molecule has 0 radical (unpaired) electrons. The van der Waals surface area contributed by atoms with Crippen molar-refractivity contribution in [2.75, 3.05) is 18.1 Å². The highest BCUT2D eigenvalue weighted by atomic mass is 16.5. The SMILES string of the molecule is CCOC(=O)/C=C(/CC)c1ccc2c(c1)CCCN2C(C)C. The molecule has 3 nitrogen and oxygen atoms in total. The minimum Gasteiger partial charge on any atom is -0.463 e. The molecule has 0 N–H and O–H groups in total. The molecule has 3 heteroatoms. The van der Waals surface area contributed by atoms with Crippen LogP contribution in [-0.4, -0.2) is 25.2 Å². The summed E-state index contributed by atoms with van der Waals surface area (Å²) in [7, 11) is 0. The van der Waals surface area contributed by atoms with Crippen LogP contribution in [-0.2, 0) is 16.0 Å². The molecule has 1 heterocycles. The first-order valence-electron chi connectivity index (χ1n) is 8.34. The molecule has 1 aliphatic heterocycles. The van der Waals surface area contributed by atoms with E-state index in [4.69, 9.17) is 4.74 Å². The first-order chi connectivity index (χ1) is 10.6. The molecule has 0 bridgehead atoms. The number of carbonyl (C=O) groups excluding carboxylic acids is 1. The summed E-state index contributed by atoms with van der Waals surface area (Å²) >= 11 is 0. The summed E-state index contributed by atoms with van der Waals surface area (Å²) in [4.78, 5) is 14.2. The normalized spacial score (nSPS) is 15.0. The van der Waals surface area contributed by atoms with Gasteiger partial charge in [0.25, 0.3) is 0 Å². The van der Waals surface area contributed by atoms with Crippen molar-refractivity contribution in [3.63, 3.8) is 0 Å². The van der Waals surface area contributed by atoms with Crippen LogP contribution in [0.1, 0.15) is 51.7 Å². The molecule has 0 saturated carbocycles. The highest BCUT2D eigenvalue weighted by Crippen LogP contribution is 2.32. The third-order valence-electron chi connectivity index (χ3n) is 4.19. The molecule has 0 aromatic heterocycles. The van der Waals surface area contributed by atoms with Crippen molar-refractivity contribution in [1.29, 1.82) is 0 Å². The van der Waals surface area contributed by atoms with Crippen LogP contribution in [0.25, 0.3) is 5.57 Å². The summed E-state index contributed by atoms with van der Waals surface area (Å²) in [5, 5.41) is 0. The Labute approximate surface area is 134 Å². The molecule has 0 spiro atoms. The Hall–Kier alpha value is -1.77. The molecule has 0 amide bonds. The summed E-state index contributed by atoms with van der Waals surface area (Å²) < 4.78 is 5.03. The van der Waals surface area contributed by atoms with E-state index in [1.807, 2.05) is 6.92 Å². The monoisotopic (exact) mass is 301 g/mol. The van der Waals surface area contributed by atoms with E-state index in [-0.39, 0.29) is 5.97 Å². The second kappa shape index (κ2) is 7.48. The summed E-state index contributed by atoms with van der Waals surface area (Å²) in [6.07, 6.45) is 4.76. The third-order valence-corrected chi connectivity index (χ3v) is 4.19. The maximum absolute atomic E-state index is 11.7. The van der Waals surface area contributed by atoms with Gasteiger partial charge in [0.15, 0.2) is 0 Å². The second-order valence-corrected chi connectivity index (χ2v) is 6.01. The van der Waals surface area contributed by atoms with Crippen LogP contribution in [0.4, 0.5) is 5.69 Å². The zero-order chi connectivity index (χ0) is 16.1. The van der Waals surface area contributed by atoms with E-state index in [0.29, 0.717) is 12.6 Å². The largest absolute Gasteiger partial charge is 0.463 e. The molecule has 1 aliphatic rings. The molecular weight excluding hydrogens is 274 g/mol. The molecule has 1 aromatic rings. The quantitative estimate of drug-likeness (QED) is 0.603. The molecule has 1 aromatic carbocycles. The van der Waals surface area contributed by atoms with Crippen LogP contribution in [0.2, 0.25) is 0 Å². The van der Waals surface area contributed by atoms with E-state index in [1.54, 1.807) is 6.08 Å². The van der Waals surface area contributed by atoms with Gasteiger partial charge < -0.3 is 9.64 Å². The minimum atomic E-state index is -0.249. The van der Waals surface area contributed by atoms with Gasteiger partial charge in [-0.15, -0.1) is 0 Å². The Bertz CT molecular complexity index is 561. The number of hydrogen-bond acceptors (Lipinski definition) is 3. The average Bonchev–Trinajstić information content (AvgIpc) is 2.51. The molecular formula is C19H27NO2. The molecule has 0 fully saturated rings. The number of ether oxygens (including phenoxy) is 1. The Morgan fingerprint density at radius 3 is 2.77 bits per heavy atom. The number of nitrogens with zero attached hydrogens (tertiary/aromatic N) is 1. The molecule has 120 valence electrons. The highest BCUT2D eigenvalue weighted by molar-refractivity contribution is 5.91. The number of aryl methyl sites for hydroxylation is 1. The third kappa shape index (κ3) is 3.70. The number of esters is 1. The molecule has 0 aliphatic carbocycles. The van der Waals surface area contributed by atoms with Gasteiger partial charge in [0.1, 0.15) is 0 Å². The van der Waals surface area contributed by atoms with E-state index in [1.165, 1.54) is 17.7 Å². The van der Waals surface area contributed by atoms with Crippen molar-refractivity contribution in [1.82, 2.24) is 0 Å². The van der Waals surface area contributed by atoms with Gasteiger partial charge in [0.2, 0.25) is 0 Å². The van der Waals surface area contributed by atoms with Crippen molar-refractivity contribution in [3.8, 4) is 0 Å². The minimum absolute atomic E-state index is 0.249. The summed E-state index contributed by atoms with van der Waals surface area (Å²) in [5.41, 5.74) is 4.92. The zero-order valence-corrected chi connectivity index (χ0v) is 14.2. The Morgan fingerprint density at radius 2 is 2.14 bits per heavy atom. The Kier molecular flexibility index (Phi) is 5.64. The van der Waals surface area contributed by atoms with E-state index >= 15 is 0 Å². The fourth-order valence-corrected chi connectivity index (χ4v) is 3.08. The van der Waals surface area contributed by atoms with Crippen LogP contribution in [0.15, 0.2) is 24.3 Å².